The average Bonchev–Trinajstić information content (AvgIpc) is 2.75. The third kappa shape index (κ3) is 4.54. The van der Waals surface area contributed by atoms with E-state index in [9.17, 15) is 14.4 Å². The van der Waals surface area contributed by atoms with E-state index < -0.39 is 11.9 Å². The number of carbonyl (C=O) groups is 2. The van der Waals surface area contributed by atoms with Gasteiger partial charge in [0.15, 0.2) is 5.82 Å². The second-order valence-corrected chi connectivity index (χ2v) is 6.75. The van der Waals surface area contributed by atoms with E-state index in [1.165, 1.54) is 23.9 Å². The molecule has 3 rings (SSSR count). The highest BCUT2D eigenvalue weighted by molar-refractivity contribution is 6.00. The van der Waals surface area contributed by atoms with E-state index in [1.807, 2.05) is 31.2 Å². The highest BCUT2D eigenvalue weighted by atomic mass is 16.2. The molecule has 0 aliphatic carbocycles. The minimum absolute atomic E-state index is 0.282. The Hall–Kier alpha value is -3.94. The Morgan fingerprint density at radius 2 is 1.80 bits per heavy atom. The molecule has 2 heterocycles. The number of carbonyl (C=O) groups excluding carboxylic acids is 2. The summed E-state index contributed by atoms with van der Waals surface area (Å²) >= 11 is 0. The molecule has 1 unspecified atom stereocenters. The SMILES string of the molecule is CNC(=O)c1cnc(Nc2ccccc2C)c(NC(=O)C(C)n2ccccc2=O)c1. The highest BCUT2D eigenvalue weighted by Crippen LogP contribution is 2.27. The maximum atomic E-state index is 12.9. The second-order valence-electron chi connectivity index (χ2n) is 6.75. The normalized spacial score (nSPS) is 11.4. The molecule has 0 aliphatic heterocycles. The van der Waals surface area contributed by atoms with Gasteiger partial charge in [-0.2, -0.15) is 0 Å². The number of nitrogens with zero attached hydrogens (tertiary/aromatic N) is 2. The van der Waals surface area contributed by atoms with Crippen LogP contribution in [0.1, 0.15) is 28.9 Å². The van der Waals surface area contributed by atoms with Crippen LogP contribution in [0.4, 0.5) is 17.2 Å². The van der Waals surface area contributed by atoms with Gasteiger partial charge in [-0.05, 0) is 37.6 Å². The first kappa shape index (κ1) is 20.8. The fourth-order valence-electron chi connectivity index (χ4n) is 2.89. The number of rotatable bonds is 6. The van der Waals surface area contributed by atoms with Crippen LogP contribution in [0.15, 0.2) is 65.7 Å². The predicted molar refractivity (Wildman–Crippen MR) is 116 cm³/mol. The lowest BCUT2D eigenvalue weighted by atomic mass is 10.2. The van der Waals surface area contributed by atoms with Crippen LogP contribution < -0.4 is 21.5 Å². The van der Waals surface area contributed by atoms with E-state index in [2.05, 4.69) is 20.9 Å². The number of nitrogens with one attached hydrogen (secondary N) is 3. The average molecular weight is 405 g/mol. The van der Waals surface area contributed by atoms with Crippen molar-refractivity contribution in [2.75, 3.05) is 17.7 Å². The molecule has 0 radical (unpaired) electrons. The Kier molecular flexibility index (Phi) is 6.26. The van der Waals surface area contributed by atoms with E-state index in [0.717, 1.165) is 11.3 Å². The summed E-state index contributed by atoms with van der Waals surface area (Å²) < 4.78 is 1.33. The first-order chi connectivity index (χ1) is 14.4. The topological polar surface area (TPSA) is 105 Å². The quantitative estimate of drug-likeness (QED) is 0.585. The fourth-order valence-corrected chi connectivity index (χ4v) is 2.89. The number of benzene rings is 1. The van der Waals surface area contributed by atoms with Crippen LogP contribution in [-0.2, 0) is 4.79 Å². The minimum Gasteiger partial charge on any atom is -0.355 e. The van der Waals surface area contributed by atoms with Gasteiger partial charge < -0.3 is 20.5 Å². The van der Waals surface area contributed by atoms with Crippen molar-refractivity contribution in [1.82, 2.24) is 14.9 Å². The van der Waals surface area contributed by atoms with Crippen molar-refractivity contribution >= 4 is 29.0 Å². The second kappa shape index (κ2) is 9.04. The monoisotopic (exact) mass is 405 g/mol. The van der Waals surface area contributed by atoms with Gasteiger partial charge in [0.25, 0.3) is 11.5 Å². The molecule has 0 bridgehead atoms. The number of hydrogen-bond donors (Lipinski definition) is 3. The molecule has 3 aromatic rings. The zero-order valence-corrected chi connectivity index (χ0v) is 17.0. The number of aromatic nitrogens is 2. The molecule has 0 spiro atoms. The summed E-state index contributed by atoms with van der Waals surface area (Å²) in [5, 5.41) is 8.52. The fraction of sp³-hybridized carbons (Fsp3) is 0.182. The number of aryl methyl sites for hydroxylation is 1. The molecule has 2 aromatic heterocycles. The molecule has 0 fully saturated rings. The smallest absolute Gasteiger partial charge is 0.252 e. The molecule has 154 valence electrons. The van der Waals surface area contributed by atoms with E-state index in [1.54, 1.807) is 31.3 Å². The number of hydrogen-bond acceptors (Lipinski definition) is 5. The van der Waals surface area contributed by atoms with Crippen molar-refractivity contribution in [2.24, 2.45) is 0 Å². The third-order valence-corrected chi connectivity index (χ3v) is 4.68. The van der Waals surface area contributed by atoms with Crippen LogP contribution in [0.5, 0.6) is 0 Å². The Morgan fingerprint density at radius 3 is 2.50 bits per heavy atom. The molecule has 3 N–H and O–H groups in total. The molecule has 0 aliphatic rings. The van der Waals surface area contributed by atoms with Crippen LogP contribution in [0.3, 0.4) is 0 Å². The Bertz CT molecular complexity index is 1140. The zero-order chi connectivity index (χ0) is 21.7. The van der Waals surface area contributed by atoms with Gasteiger partial charge in [0.1, 0.15) is 6.04 Å². The summed E-state index contributed by atoms with van der Waals surface area (Å²) in [6.07, 6.45) is 2.98. The van der Waals surface area contributed by atoms with Gasteiger partial charge in [0, 0.05) is 31.2 Å². The van der Waals surface area contributed by atoms with Crippen LogP contribution in [0, 0.1) is 6.92 Å². The molecule has 8 nitrogen and oxygen atoms in total. The van der Waals surface area contributed by atoms with Crippen molar-refractivity contribution in [1.29, 1.82) is 0 Å². The standard InChI is InChI=1S/C22H23N5O3/c1-14-8-4-5-9-17(14)25-20-18(12-16(13-24-20)22(30)23-3)26-21(29)15(2)27-11-7-6-10-19(27)28/h4-13,15H,1-3H3,(H,23,30)(H,24,25)(H,26,29). The summed E-state index contributed by atoms with van der Waals surface area (Å²) in [5.41, 5.74) is 2.17. The lowest BCUT2D eigenvalue weighted by Crippen LogP contribution is -2.31. The summed E-state index contributed by atoms with van der Waals surface area (Å²) in [6, 6.07) is 13.1. The largest absolute Gasteiger partial charge is 0.355 e. The van der Waals surface area contributed by atoms with Gasteiger partial charge in [-0.3, -0.25) is 14.4 Å². The van der Waals surface area contributed by atoms with Crippen molar-refractivity contribution in [2.45, 2.75) is 19.9 Å². The van der Waals surface area contributed by atoms with Gasteiger partial charge in [-0.15, -0.1) is 0 Å². The molecule has 8 heteroatoms. The van der Waals surface area contributed by atoms with Crippen LogP contribution in [0.25, 0.3) is 0 Å². The van der Waals surface area contributed by atoms with E-state index in [-0.39, 0.29) is 11.5 Å². The maximum Gasteiger partial charge on any atom is 0.252 e. The van der Waals surface area contributed by atoms with E-state index in [4.69, 9.17) is 0 Å². The summed E-state index contributed by atoms with van der Waals surface area (Å²) in [4.78, 5) is 41.3. The number of pyridine rings is 2. The van der Waals surface area contributed by atoms with E-state index >= 15 is 0 Å². The van der Waals surface area contributed by atoms with Crippen molar-refractivity contribution in [3.8, 4) is 0 Å². The van der Waals surface area contributed by atoms with Gasteiger partial charge in [-0.1, -0.05) is 24.3 Å². The first-order valence-corrected chi connectivity index (χ1v) is 9.43. The molecular weight excluding hydrogens is 382 g/mol. The van der Waals surface area contributed by atoms with Crippen molar-refractivity contribution < 1.29 is 9.59 Å². The maximum absolute atomic E-state index is 12.9. The first-order valence-electron chi connectivity index (χ1n) is 9.43. The van der Waals surface area contributed by atoms with Gasteiger partial charge >= 0.3 is 0 Å². The zero-order valence-electron chi connectivity index (χ0n) is 17.0. The molecule has 1 atom stereocenters. The lowest BCUT2D eigenvalue weighted by Gasteiger charge is -2.18. The van der Waals surface area contributed by atoms with Gasteiger partial charge in [-0.25, -0.2) is 4.98 Å². The molecule has 1 aromatic carbocycles. The number of anilines is 3. The molecule has 0 saturated carbocycles. The Morgan fingerprint density at radius 1 is 1.07 bits per heavy atom. The minimum atomic E-state index is -0.756. The molecule has 2 amide bonds. The van der Waals surface area contributed by atoms with Crippen LogP contribution in [-0.4, -0.2) is 28.4 Å². The van der Waals surface area contributed by atoms with E-state index in [0.29, 0.717) is 17.1 Å². The van der Waals surface area contributed by atoms with Gasteiger partial charge in [0.2, 0.25) is 5.91 Å². The molecule has 30 heavy (non-hydrogen) atoms. The number of para-hydroxylation sites is 1. The predicted octanol–water partition coefficient (Wildman–Crippen LogP) is 2.85. The van der Waals surface area contributed by atoms with Crippen LogP contribution >= 0.6 is 0 Å². The molecule has 0 saturated heterocycles. The number of amides is 2. The molecular formula is C22H23N5O3. The lowest BCUT2D eigenvalue weighted by molar-refractivity contribution is -0.118. The van der Waals surface area contributed by atoms with Gasteiger partial charge in [0.05, 0.1) is 11.3 Å². The third-order valence-electron chi connectivity index (χ3n) is 4.68. The van der Waals surface area contributed by atoms with Crippen molar-refractivity contribution in [3.05, 3.63) is 82.4 Å². The summed E-state index contributed by atoms with van der Waals surface area (Å²) in [6.45, 7) is 3.57. The van der Waals surface area contributed by atoms with Crippen molar-refractivity contribution in [3.63, 3.8) is 0 Å². The highest BCUT2D eigenvalue weighted by Gasteiger charge is 2.19. The van der Waals surface area contributed by atoms with Crippen LogP contribution in [0.2, 0.25) is 0 Å². The summed E-state index contributed by atoms with van der Waals surface area (Å²) in [7, 11) is 1.52. The summed E-state index contributed by atoms with van der Waals surface area (Å²) in [5.74, 6) is -0.349. The Balaban J connectivity index is 1.95. The Labute approximate surface area is 174 Å².